The molecule has 0 aromatic heterocycles. The molecule has 4 rings (SSSR count). The first-order valence-corrected chi connectivity index (χ1v) is 10.4. The Kier molecular flexibility index (Phi) is 5.88. The number of aliphatic hydroxyl groups is 1. The van der Waals surface area contributed by atoms with E-state index in [1.807, 2.05) is 6.92 Å². The number of aromatic hydroxyl groups is 1. The first-order valence-electron chi connectivity index (χ1n) is 9.99. The number of phenols is 1. The number of anilines is 1. The van der Waals surface area contributed by atoms with Gasteiger partial charge < -0.3 is 14.9 Å². The highest BCUT2D eigenvalue weighted by Gasteiger charge is 2.47. The van der Waals surface area contributed by atoms with Gasteiger partial charge in [0.2, 0.25) is 0 Å². The Balaban J connectivity index is 1.91. The smallest absolute Gasteiger partial charge is 0.300 e. The van der Waals surface area contributed by atoms with Gasteiger partial charge in [0.1, 0.15) is 17.3 Å². The molecular formula is C25H20ClNO5. The summed E-state index contributed by atoms with van der Waals surface area (Å²) < 4.78 is 5.50. The van der Waals surface area contributed by atoms with Crippen LogP contribution in [0.4, 0.5) is 5.69 Å². The van der Waals surface area contributed by atoms with Crippen LogP contribution in [0.2, 0.25) is 5.02 Å². The summed E-state index contributed by atoms with van der Waals surface area (Å²) in [7, 11) is 0. The Morgan fingerprint density at radius 2 is 1.72 bits per heavy atom. The summed E-state index contributed by atoms with van der Waals surface area (Å²) >= 11 is 5.99. The number of ether oxygens (including phenoxy) is 1. The van der Waals surface area contributed by atoms with E-state index in [-0.39, 0.29) is 17.1 Å². The Morgan fingerprint density at radius 1 is 1.03 bits per heavy atom. The average Bonchev–Trinajstić information content (AvgIpc) is 3.05. The molecule has 3 aromatic rings. The molecule has 7 heteroatoms. The molecular weight excluding hydrogens is 430 g/mol. The Hall–Kier alpha value is -3.77. The monoisotopic (exact) mass is 449 g/mol. The van der Waals surface area contributed by atoms with Crippen molar-refractivity contribution < 1.29 is 24.5 Å². The lowest BCUT2D eigenvalue weighted by Gasteiger charge is -2.25. The summed E-state index contributed by atoms with van der Waals surface area (Å²) in [5.74, 6) is -1.31. The lowest BCUT2D eigenvalue weighted by molar-refractivity contribution is -0.132. The van der Waals surface area contributed by atoms with Crippen molar-refractivity contribution in [3.63, 3.8) is 0 Å². The van der Waals surface area contributed by atoms with Gasteiger partial charge in [-0.15, -0.1) is 0 Å². The van der Waals surface area contributed by atoms with E-state index in [0.717, 1.165) is 0 Å². The molecule has 0 bridgehead atoms. The number of hydrogen-bond donors (Lipinski definition) is 2. The van der Waals surface area contributed by atoms with E-state index < -0.39 is 17.7 Å². The number of amides is 1. The lowest BCUT2D eigenvalue weighted by atomic mass is 9.95. The van der Waals surface area contributed by atoms with Gasteiger partial charge >= 0.3 is 0 Å². The maximum atomic E-state index is 13.1. The van der Waals surface area contributed by atoms with E-state index >= 15 is 0 Å². The van der Waals surface area contributed by atoms with Gasteiger partial charge in [-0.1, -0.05) is 35.9 Å². The summed E-state index contributed by atoms with van der Waals surface area (Å²) in [6.45, 7) is 2.29. The molecule has 162 valence electrons. The van der Waals surface area contributed by atoms with Crippen LogP contribution >= 0.6 is 11.6 Å². The van der Waals surface area contributed by atoms with Crippen molar-refractivity contribution in [1.82, 2.24) is 0 Å². The summed E-state index contributed by atoms with van der Waals surface area (Å²) in [5.41, 5.74) is 1.31. The average molecular weight is 450 g/mol. The number of phenolic OH excluding ortho intramolecular Hbond substituents is 1. The number of hydrogen-bond acceptors (Lipinski definition) is 5. The van der Waals surface area contributed by atoms with Gasteiger partial charge in [-0.2, -0.15) is 0 Å². The molecule has 1 fully saturated rings. The number of ketones is 1. The molecule has 1 aliphatic heterocycles. The van der Waals surface area contributed by atoms with Crippen LogP contribution in [0, 0.1) is 0 Å². The van der Waals surface area contributed by atoms with E-state index in [9.17, 15) is 19.8 Å². The minimum atomic E-state index is -0.896. The van der Waals surface area contributed by atoms with E-state index in [1.165, 1.54) is 17.0 Å². The predicted molar refractivity (Wildman–Crippen MR) is 122 cm³/mol. The molecule has 1 unspecified atom stereocenters. The number of Topliss-reactive ketones (excluding diaryl/α,β-unsaturated/α-hetero) is 1. The van der Waals surface area contributed by atoms with Crippen LogP contribution in [0.5, 0.6) is 11.5 Å². The molecule has 32 heavy (non-hydrogen) atoms. The fraction of sp³-hybridized carbons (Fsp3) is 0.120. The molecule has 6 nitrogen and oxygen atoms in total. The number of halogens is 1. The third kappa shape index (κ3) is 3.92. The number of carbonyl (C=O) groups excluding carboxylic acids is 2. The standard InChI is InChI=1S/C25H20ClNO5/c1-2-32-20-5-3-4-16(14-20)23(29)21-22(15-6-12-19(28)13-7-15)27(25(31)24(21)30)18-10-8-17(26)9-11-18/h3-14,22,28-29H,2H2,1H3/b23-21-. The molecule has 1 atom stereocenters. The fourth-order valence-corrected chi connectivity index (χ4v) is 3.85. The summed E-state index contributed by atoms with van der Waals surface area (Å²) in [4.78, 5) is 27.5. The van der Waals surface area contributed by atoms with Crippen LogP contribution in [-0.2, 0) is 9.59 Å². The maximum Gasteiger partial charge on any atom is 0.300 e. The number of nitrogens with zero attached hydrogens (tertiary/aromatic N) is 1. The zero-order chi connectivity index (χ0) is 22.8. The topological polar surface area (TPSA) is 87.1 Å². The number of benzene rings is 3. The molecule has 0 aliphatic carbocycles. The minimum absolute atomic E-state index is 0.0432. The van der Waals surface area contributed by atoms with Crippen molar-refractivity contribution in [3.8, 4) is 11.5 Å². The van der Waals surface area contributed by atoms with Gasteiger partial charge in [-0.05, 0) is 61.0 Å². The summed E-state index contributed by atoms with van der Waals surface area (Å²) in [6, 6.07) is 18.5. The zero-order valence-electron chi connectivity index (χ0n) is 17.2. The van der Waals surface area contributed by atoms with Crippen molar-refractivity contribution in [2.45, 2.75) is 13.0 Å². The maximum absolute atomic E-state index is 13.1. The Morgan fingerprint density at radius 3 is 2.38 bits per heavy atom. The first-order chi connectivity index (χ1) is 15.4. The first kappa shape index (κ1) is 21.5. The van der Waals surface area contributed by atoms with E-state index in [2.05, 4.69) is 0 Å². The molecule has 2 N–H and O–H groups in total. The van der Waals surface area contributed by atoms with Crippen LogP contribution in [0.25, 0.3) is 5.76 Å². The Labute approximate surface area is 189 Å². The number of rotatable bonds is 5. The fourth-order valence-electron chi connectivity index (χ4n) is 3.73. The molecule has 1 heterocycles. The van der Waals surface area contributed by atoms with Gasteiger partial charge in [0.15, 0.2) is 0 Å². The van der Waals surface area contributed by atoms with Crippen molar-refractivity contribution in [1.29, 1.82) is 0 Å². The molecule has 3 aromatic carbocycles. The van der Waals surface area contributed by atoms with Crippen molar-refractivity contribution in [2.24, 2.45) is 0 Å². The third-order valence-corrected chi connectivity index (χ3v) is 5.43. The van der Waals surface area contributed by atoms with Crippen molar-refractivity contribution in [3.05, 3.63) is 94.5 Å². The third-order valence-electron chi connectivity index (χ3n) is 5.18. The SMILES string of the molecule is CCOc1cccc(/C(O)=C2/C(=O)C(=O)N(c3ccc(Cl)cc3)C2c2ccc(O)cc2)c1. The molecule has 1 aliphatic rings. The zero-order valence-corrected chi connectivity index (χ0v) is 17.9. The quantitative estimate of drug-likeness (QED) is 0.322. The Bertz CT molecular complexity index is 1200. The van der Waals surface area contributed by atoms with E-state index in [1.54, 1.807) is 60.7 Å². The molecule has 1 saturated heterocycles. The van der Waals surface area contributed by atoms with Crippen LogP contribution in [0.3, 0.4) is 0 Å². The normalized spacial score (nSPS) is 17.6. The predicted octanol–water partition coefficient (Wildman–Crippen LogP) is 5.07. The van der Waals surface area contributed by atoms with E-state index in [0.29, 0.717) is 34.2 Å². The molecule has 1 amide bonds. The van der Waals surface area contributed by atoms with E-state index in [4.69, 9.17) is 16.3 Å². The van der Waals surface area contributed by atoms with Crippen molar-refractivity contribution in [2.75, 3.05) is 11.5 Å². The van der Waals surface area contributed by atoms with Gasteiger partial charge in [0.05, 0.1) is 18.2 Å². The van der Waals surface area contributed by atoms with Crippen LogP contribution in [0.15, 0.2) is 78.4 Å². The largest absolute Gasteiger partial charge is 0.508 e. The lowest BCUT2D eigenvalue weighted by Crippen LogP contribution is -2.29. The molecule has 0 saturated carbocycles. The van der Waals surface area contributed by atoms with Gasteiger partial charge in [-0.3, -0.25) is 14.5 Å². The number of carbonyl (C=O) groups is 2. The van der Waals surface area contributed by atoms with Crippen LogP contribution < -0.4 is 9.64 Å². The second kappa shape index (κ2) is 8.77. The molecule has 0 radical (unpaired) electrons. The minimum Gasteiger partial charge on any atom is -0.508 e. The second-order valence-electron chi connectivity index (χ2n) is 7.20. The second-order valence-corrected chi connectivity index (χ2v) is 7.63. The molecule has 0 spiro atoms. The van der Waals surface area contributed by atoms with Crippen LogP contribution in [0.1, 0.15) is 24.1 Å². The van der Waals surface area contributed by atoms with Gasteiger partial charge in [0.25, 0.3) is 11.7 Å². The highest BCUT2D eigenvalue weighted by atomic mass is 35.5. The van der Waals surface area contributed by atoms with Crippen LogP contribution in [-0.4, -0.2) is 28.5 Å². The highest BCUT2D eigenvalue weighted by Crippen LogP contribution is 2.42. The summed E-state index contributed by atoms with van der Waals surface area (Å²) in [5, 5.41) is 21.3. The van der Waals surface area contributed by atoms with Gasteiger partial charge in [0, 0.05) is 16.3 Å². The van der Waals surface area contributed by atoms with Gasteiger partial charge in [-0.25, -0.2) is 0 Å². The summed E-state index contributed by atoms with van der Waals surface area (Å²) in [6.07, 6.45) is 0. The van der Waals surface area contributed by atoms with Crippen molar-refractivity contribution >= 4 is 34.7 Å². The number of aliphatic hydroxyl groups excluding tert-OH is 1. The highest BCUT2D eigenvalue weighted by molar-refractivity contribution is 6.51.